The molecule has 1 aromatic heterocycles. The number of hydrogen-bond acceptors (Lipinski definition) is 5. The van der Waals surface area contributed by atoms with E-state index in [0.29, 0.717) is 12.0 Å². The zero-order chi connectivity index (χ0) is 14.0. The number of rotatable bonds is 4. The highest BCUT2D eigenvalue weighted by molar-refractivity contribution is 5.45. The van der Waals surface area contributed by atoms with E-state index in [1.165, 1.54) is 10.8 Å². The number of nitrogens with one attached hydrogen (secondary N) is 2. The lowest BCUT2D eigenvalue weighted by molar-refractivity contribution is -0.110. The molecule has 0 spiro atoms. The molecule has 2 heterocycles. The lowest BCUT2D eigenvalue weighted by Crippen LogP contribution is -2.34. The van der Waals surface area contributed by atoms with Gasteiger partial charge in [-0.3, -0.25) is 19.1 Å². The maximum Gasteiger partial charge on any atom is 0.330 e. The second-order valence-electron chi connectivity index (χ2n) is 4.44. The second kappa shape index (κ2) is 5.37. The average Bonchev–Trinajstić information content (AvgIpc) is 2.72. The van der Waals surface area contributed by atoms with Crippen molar-refractivity contribution in [1.82, 2.24) is 14.9 Å². The number of aromatic amines is 1. The minimum absolute atomic E-state index is 0.165. The summed E-state index contributed by atoms with van der Waals surface area (Å²) in [5.74, 6) is 0. The van der Waals surface area contributed by atoms with Crippen molar-refractivity contribution in [1.29, 1.82) is 0 Å². The topological polar surface area (TPSA) is 113 Å². The van der Waals surface area contributed by atoms with Gasteiger partial charge >= 0.3 is 5.69 Å². The number of aliphatic hydroxyl groups is 1. The van der Waals surface area contributed by atoms with Gasteiger partial charge in [-0.25, -0.2) is 4.79 Å². The molecule has 1 aliphatic rings. The Balaban J connectivity index is 2.20. The van der Waals surface area contributed by atoms with Gasteiger partial charge < -0.3 is 15.2 Å². The van der Waals surface area contributed by atoms with E-state index in [9.17, 15) is 19.5 Å². The molecule has 1 fully saturated rings. The zero-order valence-electron chi connectivity index (χ0n) is 10.3. The molecular formula is C11H15N3O5. The lowest BCUT2D eigenvalue weighted by atomic mass is 10.2. The summed E-state index contributed by atoms with van der Waals surface area (Å²) in [6, 6.07) is 0. The molecule has 2 rings (SSSR count). The van der Waals surface area contributed by atoms with Crippen LogP contribution in [0.5, 0.6) is 0 Å². The fourth-order valence-electron chi connectivity index (χ4n) is 2.03. The molecule has 8 heteroatoms. The number of aliphatic hydroxyl groups excluding tert-OH is 1. The van der Waals surface area contributed by atoms with E-state index in [1.807, 2.05) is 0 Å². The molecule has 0 aliphatic carbocycles. The molecular weight excluding hydrogens is 254 g/mol. The van der Waals surface area contributed by atoms with Gasteiger partial charge in [0, 0.05) is 24.7 Å². The van der Waals surface area contributed by atoms with Crippen LogP contribution in [0, 0.1) is 6.92 Å². The van der Waals surface area contributed by atoms with Gasteiger partial charge in [-0.15, -0.1) is 0 Å². The number of aryl methyl sites for hydroxylation is 1. The number of ether oxygens (including phenoxy) is 1. The lowest BCUT2D eigenvalue weighted by Gasteiger charge is -2.15. The van der Waals surface area contributed by atoms with Crippen LogP contribution in [-0.2, 0) is 9.53 Å². The first-order chi connectivity index (χ1) is 9.02. The van der Waals surface area contributed by atoms with E-state index in [4.69, 9.17) is 4.74 Å². The van der Waals surface area contributed by atoms with Crippen molar-refractivity contribution >= 4 is 6.41 Å². The Morgan fingerprint density at radius 3 is 3.05 bits per heavy atom. The maximum absolute atomic E-state index is 11.7. The van der Waals surface area contributed by atoms with Crippen molar-refractivity contribution in [2.24, 2.45) is 0 Å². The second-order valence-corrected chi connectivity index (χ2v) is 4.44. The monoisotopic (exact) mass is 269 g/mol. The number of aromatic nitrogens is 2. The first-order valence-corrected chi connectivity index (χ1v) is 5.85. The number of hydrogen-bond donors (Lipinski definition) is 3. The van der Waals surface area contributed by atoms with Crippen molar-refractivity contribution < 1.29 is 14.6 Å². The Hall–Kier alpha value is -1.93. The molecule has 0 saturated carbocycles. The van der Waals surface area contributed by atoms with E-state index in [1.54, 1.807) is 6.92 Å². The number of nitrogens with zero attached hydrogens (tertiary/aromatic N) is 1. The van der Waals surface area contributed by atoms with Gasteiger partial charge in [-0.2, -0.15) is 0 Å². The van der Waals surface area contributed by atoms with Gasteiger partial charge in [0.2, 0.25) is 6.41 Å². The molecule has 8 nitrogen and oxygen atoms in total. The van der Waals surface area contributed by atoms with Crippen LogP contribution >= 0.6 is 0 Å². The molecule has 0 unspecified atom stereocenters. The number of amides is 1. The zero-order valence-corrected chi connectivity index (χ0v) is 10.3. The van der Waals surface area contributed by atoms with Gasteiger partial charge in [0.1, 0.15) is 12.3 Å². The van der Waals surface area contributed by atoms with Crippen LogP contribution < -0.4 is 16.6 Å². The molecule has 3 N–H and O–H groups in total. The summed E-state index contributed by atoms with van der Waals surface area (Å²) in [6.45, 7) is 1.74. The van der Waals surface area contributed by atoms with Gasteiger partial charge in [0.15, 0.2) is 0 Å². The van der Waals surface area contributed by atoms with Gasteiger partial charge in [-0.1, -0.05) is 0 Å². The first kappa shape index (κ1) is 13.5. The minimum atomic E-state index is -0.781. The fraction of sp³-hybridized carbons (Fsp3) is 0.545. The predicted octanol–water partition coefficient (Wildman–Crippen LogP) is -1.76. The van der Waals surface area contributed by atoms with Gasteiger partial charge in [0.05, 0.1) is 6.10 Å². The summed E-state index contributed by atoms with van der Waals surface area (Å²) in [5.41, 5.74) is -0.650. The number of carbonyl (C=O) groups excluding carboxylic acids is 1. The summed E-state index contributed by atoms with van der Waals surface area (Å²) in [6.07, 6.45) is 0.118. The normalized spacial score (nSPS) is 26.3. The number of H-pyrrole nitrogens is 1. The van der Waals surface area contributed by atoms with E-state index in [-0.39, 0.29) is 13.0 Å². The van der Waals surface area contributed by atoms with E-state index >= 15 is 0 Å². The third kappa shape index (κ3) is 2.74. The van der Waals surface area contributed by atoms with E-state index in [2.05, 4.69) is 10.3 Å². The van der Waals surface area contributed by atoms with Crippen LogP contribution in [0.4, 0.5) is 0 Å². The molecule has 1 amide bonds. The first-order valence-electron chi connectivity index (χ1n) is 5.85. The summed E-state index contributed by atoms with van der Waals surface area (Å²) >= 11 is 0. The third-order valence-electron chi connectivity index (χ3n) is 3.06. The Bertz CT molecular complexity index is 578. The fourth-order valence-corrected chi connectivity index (χ4v) is 2.03. The molecule has 104 valence electrons. The Kier molecular flexibility index (Phi) is 3.82. The third-order valence-corrected chi connectivity index (χ3v) is 3.06. The van der Waals surface area contributed by atoms with Crippen molar-refractivity contribution in [3.8, 4) is 0 Å². The summed E-state index contributed by atoms with van der Waals surface area (Å²) in [4.78, 5) is 35.3. The molecule has 1 saturated heterocycles. The maximum atomic E-state index is 11.7. The highest BCUT2D eigenvalue weighted by atomic mass is 16.5. The minimum Gasteiger partial charge on any atom is -0.390 e. The molecule has 0 aromatic carbocycles. The van der Waals surface area contributed by atoms with Gasteiger partial charge in [0.25, 0.3) is 5.56 Å². The van der Waals surface area contributed by atoms with Crippen molar-refractivity contribution in [3.63, 3.8) is 0 Å². The van der Waals surface area contributed by atoms with Crippen LogP contribution in [0.15, 0.2) is 15.8 Å². The quantitative estimate of drug-likeness (QED) is 0.560. The Morgan fingerprint density at radius 2 is 2.37 bits per heavy atom. The smallest absolute Gasteiger partial charge is 0.330 e. The molecule has 1 aliphatic heterocycles. The predicted molar refractivity (Wildman–Crippen MR) is 64.7 cm³/mol. The highest BCUT2D eigenvalue weighted by Crippen LogP contribution is 2.27. The summed E-state index contributed by atoms with van der Waals surface area (Å²) in [7, 11) is 0. The van der Waals surface area contributed by atoms with E-state index < -0.39 is 29.7 Å². The van der Waals surface area contributed by atoms with E-state index in [0.717, 1.165) is 0 Å². The molecule has 3 atom stereocenters. The molecule has 0 radical (unpaired) electrons. The summed E-state index contributed by atoms with van der Waals surface area (Å²) in [5, 5.41) is 12.2. The SMILES string of the molecule is Cc1cn([C@H]2C[C@H](O)[C@@H](CNC=O)O2)c(=O)[nH]c1=O. The molecule has 0 bridgehead atoms. The van der Waals surface area contributed by atoms with Crippen molar-refractivity contribution in [2.45, 2.75) is 31.8 Å². The van der Waals surface area contributed by atoms with Gasteiger partial charge in [-0.05, 0) is 6.92 Å². The van der Waals surface area contributed by atoms with Crippen LogP contribution in [0.25, 0.3) is 0 Å². The summed E-state index contributed by atoms with van der Waals surface area (Å²) < 4.78 is 6.74. The highest BCUT2D eigenvalue weighted by Gasteiger charge is 2.35. The number of carbonyl (C=O) groups is 1. The van der Waals surface area contributed by atoms with Crippen molar-refractivity contribution in [2.75, 3.05) is 6.54 Å². The van der Waals surface area contributed by atoms with Crippen LogP contribution in [-0.4, -0.2) is 39.8 Å². The van der Waals surface area contributed by atoms with Crippen LogP contribution in [0.2, 0.25) is 0 Å². The van der Waals surface area contributed by atoms with Crippen LogP contribution in [0.1, 0.15) is 18.2 Å². The van der Waals surface area contributed by atoms with Crippen molar-refractivity contribution in [3.05, 3.63) is 32.6 Å². The van der Waals surface area contributed by atoms with Crippen LogP contribution in [0.3, 0.4) is 0 Å². The molecule has 19 heavy (non-hydrogen) atoms. The largest absolute Gasteiger partial charge is 0.390 e. The Labute approximate surface area is 108 Å². The molecule has 1 aromatic rings. The average molecular weight is 269 g/mol. The Morgan fingerprint density at radius 1 is 1.63 bits per heavy atom. The standard InChI is InChI=1S/C11H15N3O5/c1-6-4-14(11(18)13-10(6)17)9-2-7(16)8(19-9)3-12-5-15/h4-5,7-9,16H,2-3H2,1H3,(H,12,15)(H,13,17,18)/t7-,8+,9+/m0/s1.